The minimum atomic E-state index is -0.477. The molecule has 0 radical (unpaired) electrons. The molecule has 4 atom stereocenters. The molecule has 4 aromatic heterocycles. The SMILES string of the molecule is Fc1cc(C2CCCN2)ccc1Br.O=C(Nc1cnn2ccc(Cl)nc12)N1CC[C@H](O)C1.O=C(Nc1cnn2ccc(N3CCCC3c3ccc(Br)c(F)c3)nc12)N1CC[C@H](O)C1. The van der Waals surface area contributed by atoms with E-state index in [9.17, 15) is 28.6 Å². The standard InChI is InChI=1S/C21H22BrFN6O2.C11H12ClN5O2.C10H11BrFN/c22-15-4-3-13(10-16(15)23)18-2-1-7-28(18)19-6-9-29-20(26-19)17(11-24-29)25-21(31)27-8-5-14(30)12-27;12-9-2-4-17-10(15-9)8(5-13-17)14-11(19)16-3-1-7(18)6-16;11-8-4-3-7(6-9(8)12)10-2-1-5-13-10/h3-4,6,9-11,14,18,30H,1-2,5,7-8,12H2,(H,25,31);2,4-5,7,18H,1,3,6H2,(H,14,19);3-4,6,10,13H,1-2,5H2/t14-,18?;7-;/m00./s1. The van der Waals surface area contributed by atoms with Gasteiger partial charge in [0.15, 0.2) is 11.3 Å². The Hall–Kier alpha value is -4.99. The van der Waals surface area contributed by atoms with E-state index in [1.54, 1.807) is 57.0 Å². The Bertz CT molecular complexity index is 2600. The zero-order chi connectivity index (χ0) is 44.2. The van der Waals surface area contributed by atoms with Gasteiger partial charge in [0.05, 0.1) is 39.6 Å². The molecule has 332 valence electrons. The highest BCUT2D eigenvalue weighted by atomic mass is 79.9. The largest absolute Gasteiger partial charge is 0.391 e. The summed E-state index contributed by atoms with van der Waals surface area (Å²) in [6, 6.07) is 13.9. The second kappa shape index (κ2) is 19.8. The first-order valence-corrected chi connectivity index (χ1v) is 22.6. The van der Waals surface area contributed by atoms with E-state index >= 15 is 0 Å². The van der Waals surface area contributed by atoms with E-state index in [4.69, 9.17) is 16.6 Å². The van der Waals surface area contributed by atoms with Gasteiger partial charge in [-0.3, -0.25) is 0 Å². The summed E-state index contributed by atoms with van der Waals surface area (Å²) in [5, 5.41) is 36.7. The van der Waals surface area contributed by atoms with Gasteiger partial charge in [-0.15, -0.1) is 0 Å². The summed E-state index contributed by atoms with van der Waals surface area (Å²) in [6.45, 7) is 3.59. The number of rotatable bonds is 5. The van der Waals surface area contributed by atoms with E-state index in [0.29, 0.717) is 81.8 Å². The van der Waals surface area contributed by atoms with Crippen LogP contribution in [0.1, 0.15) is 61.7 Å². The molecule has 8 heterocycles. The van der Waals surface area contributed by atoms with Crippen LogP contribution in [0.3, 0.4) is 0 Å². The van der Waals surface area contributed by atoms with Crippen LogP contribution in [0, 0.1) is 11.6 Å². The van der Waals surface area contributed by atoms with Crippen molar-refractivity contribution >= 4 is 84.0 Å². The third-order valence-electron chi connectivity index (χ3n) is 11.4. The normalized spacial score (nSPS) is 20.8. The minimum absolute atomic E-state index is 0.0320. The average Bonchev–Trinajstić information content (AvgIpc) is 4.14. The lowest BCUT2D eigenvalue weighted by Crippen LogP contribution is -2.33. The van der Waals surface area contributed by atoms with Crippen molar-refractivity contribution in [2.45, 2.75) is 62.8 Å². The van der Waals surface area contributed by atoms with Gasteiger partial charge < -0.3 is 40.9 Å². The number of anilines is 3. The Morgan fingerprint density at radius 2 is 1.30 bits per heavy atom. The summed E-state index contributed by atoms with van der Waals surface area (Å²) >= 11 is 12.2. The van der Waals surface area contributed by atoms with E-state index in [1.807, 2.05) is 24.4 Å². The first-order valence-electron chi connectivity index (χ1n) is 20.6. The van der Waals surface area contributed by atoms with Gasteiger partial charge in [0.1, 0.15) is 34.0 Å². The third-order valence-corrected chi connectivity index (χ3v) is 12.9. The van der Waals surface area contributed by atoms with Crippen molar-refractivity contribution < 1.29 is 28.6 Å². The molecular weight excluding hydrogens is 970 g/mol. The molecule has 63 heavy (non-hydrogen) atoms. The van der Waals surface area contributed by atoms with Gasteiger partial charge in [0.25, 0.3) is 0 Å². The van der Waals surface area contributed by atoms with Crippen molar-refractivity contribution in [3.05, 3.63) is 110 Å². The molecule has 4 aliphatic heterocycles. The Morgan fingerprint density at radius 1 is 0.730 bits per heavy atom. The number of hydrogen-bond donors (Lipinski definition) is 5. The smallest absolute Gasteiger partial charge is 0.322 e. The van der Waals surface area contributed by atoms with Crippen LogP contribution in [0.25, 0.3) is 11.3 Å². The van der Waals surface area contributed by atoms with Crippen LogP contribution in [-0.4, -0.2) is 113 Å². The zero-order valence-electron chi connectivity index (χ0n) is 33.8. The van der Waals surface area contributed by atoms with Crippen molar-refractivity contribution in [3.63, 3.8) is 0 Å². The number of halogens is 5. The maximum Gasteiger partial charge on any atom is 0.322 e. The monoisotopic (exact) mass is 1010 g/mol. The lowest BCUT2D eigenvalue weighted by molar-refractivity contribution is 0.176. The third kappa shape index (κ3) is 10.5. The van der Waals surface area contributed by atoms with Gasteiger partial charge in [-0.1, -0.05) is 23.7 Å². The zero-order valence-corrected chi connectivity index (χ0v) is 37.8. The van der Waals surface area contributed by atoms with Gasteiger partial charge in [0, 0.05) is 51.2 Å². The number of aromatic nitrogens is 6. The number of nitrogens with zero attached hydrogens (tertiary/aromatic N) is 9. The number of urea groups is 2. The number of aliphatic hydroxyl groups is 2. The van der Waals surface area contributed by atoms with E-state index in [2.05, 4.69) is 67.9 Å². The predicted molar refractivity (Wildman–Crippen MR) is 241 cm³/mol. The number of carbonyl (C=O) groups excluding carboxylic acids is 2. The van der Waals surface area contributed by atoms with Crippen LogP contribution in [0.4, 0.5) is 35.6 Å². The molecule has 21 heteroatoms. The average molecular weight is 1020 g/mol. The molecule has 2 aromatic carbocycles. The number of aliphatic hydroxyl groups excluding tert-OH is 2. The second-order valence-corrected chi connectivity index (χ2v) is 17.8. The number of benzene rings is 2. The van der Waals surface area contributed by atoms with Crippen molar-refractivity contribution in [2.24, 2.45) is 0 Å². The summed E-state index contributed by atoms with van der Waals surface area (Å²) in [6.07, 6.45) is 11.0. The summed E-state index contributed by atoms with van der Waals surface area (Å²) < 4.78 is 31.4. The summed E-state index contributed by atoms with van der Waals surface area (Å²) in [5.74, 6) is 0.303. The lowest BCUT2D eigenvalue weighted by atomic mass is 10.0. The molecular formula is C42H45Br2ClF2N12O4. The fourth-order valence-electron chi connectivity index (χ4n) is 8.09. The van der Waals surface area contributed by atoms with Crippen LogP contribution < -0.4 is 20.9 Å². The molecule has 0 spiro atoms. The molecule has 4 amide bonds. The fraction of sp³-hybridized carbons (Fsp3) is 0.381. The van der Waals surface area contributed by atoms with Crippen LogP contribution in [0.2, 0.25) is 5.15 Å². The van der Waals surface area contributed by atoms with Crippen LogP contribution in [-0.2, 0) is 0 Å². The van der Waals surface area contributed by atoms with Crippen LogP contribution in [0.15, 0.2) is 82.3 Å². The van der Waals surface area contributed by atoms with E-state index in [1.165, 1.54) is 17.1 Å². The number of β-amino-alcohol motifs (C(OH)–C–C–N with tert-alkyl or cyclic N) is 2. The van der Waals surface area contributed by atoms with Gasteiger partial charge in [-0.05, 0) is 124 Å². The van der Waals surface area contributed by atoms with Gasteiger partial charge in [-0.2, -0.15) is 10.2 Å². The Balaban J connectivity index is 0.000000144. The highest BCUT2D eigenvalue weighted by Crippen LogP contribution is 2.37. The molecule has 2 unspecified atom stereocenters. The number of amides is 4. The maximum absolute atomic E-state index is 14.1. The molecule has 5 N–H and O–H groups in total. The molecule has 10 rings (SSSR count). The van der Waals surface area contributed by atoms with E-state index < -0.39 is 12.2 Å². The molecule has 4 aliphatic rings. The lowest BCUT2D eigenvalue weighted by Gasteiger charge is -2.26. The van der Waals surface area contributed by atoms with E-state index in [0.717, 1.165) is 49.3 Å². The van der Waals surface area contributed by atoms with Crippen LogP contribution in [0.5, 0.6) is 0 Å². The first kappa shape index (κ1) is 44.6. The summed E-state index contributed by atoms with van der Waals surface area (Å²) in [5.41, 5.74) is 4.00. The predicted octanol–water partition coefficient (Wildman–Crippen LogP) is 7.56. The minimum Gasteiger partial charge on any atom is -0.391 e. The topological polar surface area (TPSA) is 181 Å². The van der Waals surface area contributed by atoms with Gasteiger partial charge in [-0.25, -0.2) is 37.4 Å². The highest BCUT2D eigenvalue weighted by Gasteiger charge is 2.30. The number of fused-ring (bicyclic) bond motifs is 2. The number of carbonyl (C=O) groups is 2. The molecule has 4 fully saturated rings. The molecule has 4 saturated heterocycles. The number of nitrogens with one attached hydrogen (secondary N) is 3. The Kier molecular flexibility index (Phi) is 14.0. The molecule has 0 bridgehead atoms. The molecule has 0 aliphatic carbocycles. The van der Waals surface area contributed by atoms with E-state index in [-0.39, 0.29) is 29.7 Å². The number of hydrogen-bond acceptors (Lipinski definition) is 10. The second-order valence-electron chi connectivity index (χ2n) is 15.7. The highest BCUT2D eigenvalue weighted by molar-refractivity contribution is 9.10. The molecule has 0 saturated carbocycles. The Labute approximate surface area is 382 Å². The maximum atomic E-state index is 14.1. The summed E-state index contributed by atoms with van der Waals surface area (Å²) in [4.78, 5) is 38.7. The van der Waals surface area contributed by atoms with Crippen molar-refractivity contribution in [2.75, 3.05) is 54.8 Å². The Morgan fingerprint density at radius 3 is 1.86 bits per heavy atom. The number of likely N-dealkylation sites (tertiary alicyclic amines) is 2. The first-order chi connectivity index (χ1) is 30.4. The summed E-state index contributed by atoms with van der Waals surface area (Å²) in [7, 11) is 0. The van der Waals surface area contributed by atoms with Crippen molar-refractivity contribution in [1.29, 1.82) is 0 Å². The van der Waals surface area contributed by atoms with Gasteiger partial charge in [0.2, 0.25) is 0 Å². The fourth-order valence-corrected chi connectivity index (χ4v) is 8.72. The van der Waals surface area contributed by atoms with Gasteiger partial charge >= 0.3 is 12.1 Å². The quantitative estimate of drug-likeness (QED) is 0.108. The van der Waals surface area contributed by atoms with Crippen molar-refractivity contribution in [3.8, 4) is 0 Å². The molecule has 16 nitrogen and oxygen atoms in total. The molecule has 6 aromatic rings. The van der Waals surface area contributed by atoms with Crippen LogP contribution >= 0.6 is 43.5 Å². The van der Waals surface area contributed by atoms with Crippen molar-refractivity contribution in [1.82, 2.24) is 44.3 Å².